The molecule has 4 N–H and O–H groups in total. The molecule has 6 heteroatoms. The minimum atomic E-state index is -0.519. The molecular formula is C18H25N3O3. The third kappa shape index (κ3) is 4.83. The number of amides is 2. The molecule has 0 saturated carbocycles. The molecule has 1 saturated heterocycles. The number of hydrogen-bond donors (Lipinski definition) is 2. The van der Waals surface area contributed by atoms with Crippen LogP contribution < -0.4 is 16.2 Å². The molecule has 0 bridgehead atoms. The summed E-state index contributed by atoms with van der Waals surface area (Å²) in [4.78, 5) is 25.0. The van der Waals surface area contributed by atoms with Gasteiger partial charge in [0.2, 0.25) is 5.91 Å². The molecule has 2 atom stereocenters. The van der Waals surface area contributed by atoms with Crippen molar-refractivity contribution in [3.05, 3.63) is 35.9 Å². The highest BCUT2D eigenvalue weighted by Gasteiger charge is 2.29. The zero-order chi connectivity index (χ0) is 17.5. The maximum atomic E-state index is 12.4. The quantitative estimate of drug-likeness (QED) is 0.764. The van der Waals surface area contributed by atoms with Gasteiger partial charge in [0.25, 0.3) is 5.91 Å². The summed E-state index contributed by atoms with van der Waals surface area (Å²) in [6.45, 7) is 3.24. The first-order chi connectivity index (χ1) is 11.5. The maximum absolute atomic E-state index is 12.4. The summed E-state index contributed by atoms with van der Waals surface area (Å²) in [6.07, 6.45) is 5.48. The minimum absolute atomic E-state index is 0.00828. The highest BCUT2D eigenvalue weighted by atomic mass is 16.5. The number of nitrogens with zero attached hydrogens (tertiary/aromatic N) is 1. The van der Waals surface area contributed by atoms with Gasteiger partial charge in [0.05, 0.1) is 0 Å². The van der Waals surface area contributed by atoms with E-state index in [0.717, 1.165) is 24.9 Å². The van der Waals surface area contributed by atoms with Gasteiger partial charge in [-0.15, -0.1) is 0 Å². The molecule has 1 aliphatic heterocycles. The normalized spacial score (nSPS) is 21.0. The smallest absolute Gasteiger partial charge is 0.255 e. The minimum Gasteiger partial charge on any atom is -0.484 e. The fourth-order valence-electron chi connectivity index (χ4n) is 2.98. The van der Waals surface area contributed by atoms with Crippen LogP contribution in [0.4, 0.5) is 0 Å². The molecule has 1 heterocycles. The molecule has 2 amide bonds. The number of rotatable bonds is 6. The fourth-order valence-corrected chi connectivity index (χ4v) is 2.98. The van der Waals surface area contributed by atoms with Gasteiger partial charge in [0.15, 0.2) is 6.61 Å². The molecule has 24 heavy (non-hydrogen) atoms. The van der Waals surface area contributed by atoms with Gasteiger partial charge in [-0.3, -0.25) is 9.59 Å². The Bertz CT molecular complexity index is 598. The average molecular weight is 331 g/mol. The first-order valence-electron chi connectivity index (χ1n) is 8.21. The van der Waals surface area contributed by atoms with E-state index in [1.54, 1.807) is 24.3 Å². The van der Waals surface area contributed by atoms with Crippen molar-refractivity contribution in [2.24, 2.45) is 17.4 Å². The van der Waals surface area contributed by atoms with Crippen LogP contribution in [-0.4, -0.2) is 42.5 Å². The average Bonchev–Trinajstić information content (AvgIpc) is 2.58. The number of benzene rings is 1. The number of carbonyl (C=O) groups excluding carboxylic acids is 2. The number of primary amides is 1. The van der Waals surface area contributed by atoms with E-state index in [4.69, 9.17) is 16.2 Å². The molecule has 0 radical (unpaired) electrons. The Morgan fingerprint density at radius 2 is 2.04 bits per heavy atom. The number of hydrogen-bond acceptors (Lipinski definition) is 4. The van der Waals surface area contributed by atoms with Gasteiger partial charge in [-0.25, -0.2) is 0 Å². The molecule has 1 aromatic rings. The molecule has 6 nitrogen and oxygen atoms in total. The second kappa shape index (κ2) is 8.49. The van der Waals surface area contributed by atoms with Gasteiger partial charge in [-0.2, -0.15) is 0 Å². The Morgan fingerprint density at radius 1 is 1.33 bits per heavy atom. The van der Waals surface area contributed by atoms with E-state index in [-0.39, 0.29) is 18.6 Å². The van der Waals surface area contributed by atoms with Gasteiger partial charge in [0.1, 0.15) is 5.75 Å². The van der Waals surface area contributed by atoms with Crippen molar-refractivity contribution < 1.29 is 14.3 Å². The molecule has 1 aliphatic rings. The lowest BCUT2D eigenvalue weighted by molar-refractivity contribution is -0.130. The molecule has 1 fully saturated rings. The van der Waals surface area contributed by atoms with Crippen LogP contribution in [0.5, 0.6) is 5.75 Å². The lowest BCUT2D eigenvalue weighted by Gasteiger charge is -2.38. The maximum Gasteiger partial charge on any atom is 0.255 e. The summed E-state index contributed by atoms with van der Waals surface area (Å²) in [7, 11) is 0. The van der Waals surface area contributed by atoms with E-state index in [2.05, 4.69) is 6.92 Å². The van der Waals surface area contributed by atoms with Crippen molar-refractivity contribution in [1.29, 1.82) is 0 Å². The molecular weight excluding hydrogens is 306 g/mol. The highest BCUT2D eigenvalue weighted by Crippen LogP contribution is 2.23. The fraction of sp³-hybridized carbons (Fsp3) is 0.444. The Balaban J connectivity index is 1.96. The lowest BCUT2D eigenvalue weighted by atomic mass is 9.90. The molecule has 0 aromatic heterocycles. The predicted molar refractivity (Wildman–Crippen MR) is 93.1 cm³/mol. The van der Waals surface area contributed by atoms with Crippen LogP contribution in [0.3, 0.4) is 0 Å². The topological polar surface area (TPSA) is 98.6 Å². The van der Waals surface area contributed by atoms with E-state index < -0.39 is 5.91 Å². The Labute approximate surface area is 142 Å². The zero-order valence-corrected chi connectivity index (χ0v) is 14.0. The van der Waals surface area contributed by atoms with E-state index in [9.17, 15) is 9.59 Å². The van der Waals surface area contributed by atoms with Crippen molar-refractivity contribution in [3.63, 3.8) is 0 Å². The SMILES string of the molecule is CC1CCCN(C(=O)C=Cc2ccc(OCC(N)=O)cc2)C1CN. The number of ether oxygens (including phenoxy) is 1. The first kappa shape index (κ1) is 18.0. The molecule has 0 spiro atoms. The van der Waals surface area contributed by atoms with E-state index in [0.29, 0.717) is 18.2 Å². The third-order valence-electron chi connectivity index (χ3n) is 4.32. The summed E-state index contributed by atoms with van der Waals surface area (Å²) < 4.78 is 5.20. The van der Waals surface area contributed by atoms with Crippen molar-refractivity contribution in [3.8, 4) is 5.75 Å². The van der Waals surface area contributed by atoms with Crippen LogP contribution in [0.2, 0.25) is 0 Å². The van der Waals surface area contributed by atoms with Crippen LogP contribution in [0.25, 0.3) is 6.08 Å². The van der Waals surface area contributed by atoms with E-state index in [1.807, 2.05) is 17.0 Å². The van der Waals surface area contributed by atoms with Gasteiger partial charge < -0.3 is 21.1 Å². The van der Waals surface area contributed by atoms with Gasteiger partial charge in [-0.1, -0.05) is 19.1 Å². The number of nitrogens with two attached hydrogens (primary N) is 2. The molecule has 130 valence electrons. The largest absolute Gasteiger partial charge is 0.484 e. The van der Waals surface area contributed by atoms with Gasteiger partial charge >= 0.3 is 0 Å². The summed E-state index contributed by atoms with van der Waals surface area (Å²) in [5.41, 5.74) is 11.7. The number of piperidine rings is 1. The summed E-state index contributed by atoms with van der Waals surface area (Å²) in [5, 5.41) is 0. The van der Waals surface area contributed by atoms with E-state index >= 15 is 0 Å². The Morgan fingerprint density at radius 3 is 2.67 bits per heavy atom. The molecule has 0 aliphatic carbocycles. The van der Waals surface area contributed by atoms with Crippen molar-refractivity contribution in [1.82, 2.24) is 4.90 Å². The number of carbonyl (C=O) groups is 2. The van der Waals surface area contributed by atoms with Crippen LogP contribution in [0.1, 0.15) is 25.3 Å². The zero-order valence-electron chi connectivity index (χ0n) is 14.0. The van der Waals surface area contributed by atoms with Crippen LogP contribution >= 0.6 is 0 Å². The van der Waals surface area contributed by atoms with Crippen LogP contribution in [-0.2, 0) is 9.59 Å². The van der Waals surface area contributed by atoms with Crippen LogP contribution in [0, 0.1) is 5.92 Å². The first-order valence-corrected chi connectivity index (χ1v) is 8.21. The van der Waals surface area contributed by atoms with Crippen LogP contribution in [0.15, 0.2) is 30.3 Å². The summed E-state index contributed by atoms with van der Waals surface area (Å²) in [5.74, 6) is 0.467. The van der Waals surface area contributed by atoms with Gasteiger partial charge in [0, 0.05) is 25.2 Å². The molecule has 2 rings (SSSR count). The standard InChI is InChI=1S/C18H25N3O3/c1-13-3-2-10-21(16(13)11-19)18(23)9-6-14-4-7-15(8-5-14)24-12-17(20)22/h4-9,13,16H,2-3,10-12,19H2,1H3,(H2,20,22). The molecule has 2 unspecified atom stereocenters. The second-order valence-corrected chi connectivity index (χ2v) is 6.11. The second-order valence-electron chi connectivity index (χ2n) is 6.11. The highest BCUT2D eigenvalue weighted by molar-refractivity contribution is 5.92. The Hall–Kier alpha value is -2.34. The number of likely N-dealkylation sites (tertiary alicyclic amines) is 1. The third-order valence-corrected chi connectivity index (χ3v) is 4.32. The molecule has 1 aromatic carbocycles. The van der Waals surface area contributed by atoms with Crippen molar-refractivity contribution in [2.75, 3.05) is 19.7 Å². The van der Waals surface area contributed by atoms with E-state index in [1.165, 1.54) is 0 Å². The van der Waals surface area contributed by atoms with Gasteiger partial charge in [-0.05, 0) is 42.5 Å². The summed E-state index contributed by atoms with van der Waals surface area (Å²) in [6, 6.07) is 7.22. The monoisotopic (exact) mass is 331 g/mol. The lowest BCUT2D eigenvalue weighted by Crippen LogP contribution is -2.50. The summed E-state index contributed by atoms with van der Waals surface area (Å²) >= 11 is 0. The Kier molecular flexibility index (Phi) is 6.37. The predicted octanol–water partition coefficient (Wildman–Crippen LogP) is 1.15. The van der Waals surface area contributed by atoms with Crippen molar-refractivity contribution >= 4 is 17.9 Å². The van der Waals surface area contributed by atoms with Crippen molar-refractivity contribution in [2.45, 2.75) is 25.8 Å².